The van der Waals surface area contributed by atoms with Gasteiger partial charge >= 0.3 is 6.09 Å². The van der Waals surface area contributed by atoms with Crippen LogP contribution in [0.25, 0.3) is 0 Å². The van der Waals surface area contributed by atoms with Gasteiger partial charge in [0.25, 0.3) is 5.91 Å². The molecule has 2 aromatic carbocycles. The van der Waals surface area contributed by atoms with Gasteiger partial charge in [-0.1, -0.05) is 60.5 Å². The van der Waals surface area contributed by atoms with Gasteiger partial charge in [0.2, 0.25) is 5.91 Å². The highest BCUT2D eigenvalue weighted by Gasteiger charge is 2.42. The number of alkyl carbamates (subject to hydrolysis) is 1. The Morgan fingerprint density at radius 3 is 2.19 bits per heavy atom. The van der Waals surface area contributed by atoms with Crippen molar-refractivity contribution in [2.45, 2.75) is 92.0 Å². The van der Waals surface area contributed by atoms with Crippen molar-refractivity contribution < 1.29 is 19.1 Å². The third kappa shape index (κ3) is 7.96. The molecule has 0 aliphatic rings. The SMILES string of the molecule is CCC(C)(C)N(C(=O)C(C)NC(=O)OC(C)(C)C)C(C(=O)Nc1c(C)cccc1Cl)c1cccc(C)c1. The summed E-state index contributed by atoms with van der Waals surface area (Å²) < 4.78 is 5.35. The van der Waals surface area contributed by atoms with Gasteiger partial charge in [-0.15, -0.1) is 0 Å². The maximum absolute atomic E-state index is 14.0. The van der Waals surface area contributed by atoms with Crippen LogP contribution >= 0.6 is 11.6 Å². The molecule has 0 spiro atoms. The molecule has 2 unspecified atom stereocenters. The lowest BCUT2D eigenvalue weighted by Crippen LogP contribution is -2.58. The van der Waals surface area contributed by atoms with Crippen LogP contribution in [-0.2, 0) is 14.3 Å². The zero-order valence-corrected chi connectivity index (χ0v) is 24.1. The van der Waals surface area contributed by atoms with Gasteiger partial charge in [0.15, 0.2) is 0 Å². The summed E-state index contributed by atoms with van der Waals surface area (Å²) in [5.74, 6) is -0.809. The Kier molecular flexibility index (Phi) is 9.78. The second kappa shape index (κ2) is 12.0. The molecule has 7 nitrogen and oxygen atoms in total. The van der Waals surface area contributed by atoms with Crippen molar-refractivity contribution >= 4 is 35.2 Å². The highest BCUT2D eigenvalue weighted by Crippen LogP contribution is 2.34. The van der Waals surface area contributed by atoms with Gasteiger partial charge in [0, 0.05) is 5.54 Å². The molecule has 2 aromatic rings. The average molecular weight is 530 g/mol. The first-order valence-electron chi connectivity index (χ1n) is 12.5. The molecule has 0 saturated heterocycles. The number of halogens is 1. The van der Waals surface area contributed by atoms with Crippen molar-refractivity contribution in [1.82, 2.24) is 10.2 Å². The van der Waals surface area contributed by atoms with Crippen LogP contribution in [0.2, 0.25) is 5.02 Å². The number of aryl methyl sites for hydroxylation is 2. The standard InChI is InChI=1S/C29H40ClN3O4/c1-10-29(8,9)33(26(35)20(4)31-27(36)37-28(5,6)7)24(21-15-11-13-18(2)17-21)25(34)32-23-19(3)14-12-16-22(23)30/h11-17,20,24H,10H2,1-9H3,(H,31,36)(H,32,34). The predicted octanol–water partition coefficient (Wildman–Crippen LogP) is 6.57. The van der Waals surface area contributed by atoms with E-state index >= 15 is 0 Å². The summed E-state index contributed by atoms with van der Waals surface area (Å²) in [6.07, 6.45) is -0.135. The number of nitrogens with zero attached hydrogens (tertiary/aromatic N) is 1. The van der Waals surface area contributed by atoms with E-state index in [1.807, 2.05) is 71.0 Å². The quantitative estimate of drug-likeness (QED) is 0.405. The lowest BCUT2D eigenvalue weighted by atomic mass is 9.91. The van der Waals surface area contributed by atoms with Crippen molar-refractivity contribution in [2.75, 3.05) is 5.32 Å². The number of nitrogens with one attached hydrogen (secondary N) is 2. The number of ether oxygens (including phenoxy) is 1. The topological polar surface area (TPSA) is 87.7 Å². The van der Waals surface area contributed by atoms with E-state index < -0.39 is 41.1 Å². The van der Waals surface area contributed by atoms with Gasteiger partial charge in [-0.05, 0) is 79.0 Å². The van der Waals surface area contributed by atoms with Gasteiger partial charge < -0.3 is 20.3 Å². The van der Waals surface area contributed by atoms with Crippen LogP contribution in [0.15, 0.2) is 42.5 Å². The Morgan fingerprint density at radius 1 is 1.03 bits per heavy atom. The van der Waals surface area contributed by atoms with E-state index in [4.69, 9.17) is 16.3 Å². The Balaban J connectivity index is 2.58. The average Bonchev–Trinajstić information content (AvgIpc) is 2.77. The second-order valence-electron chi connectivity index (χ2n) is 11.0. The molecule has 0 radical (unpaired) electrons. The Labute approximate surface area is 225 Å². The Bertz CT molecular complexity index is 1120. The zero-order valence-electron chi connectivity index (χ0n) is 23.4. The Morgan fingerprint density at radius 2 is 1.65 bits per heavy atom. The van der Waals surface area contributed by atoms with Gasteiger partial charge in [0.05, 0.1) is 10.7 Å². The summed E-state index contributed by atoms with van der Waals surface area (Å²) >= 11 is 6.41. The lowest BCUT2D eigenvalue weighted by Gasteiger charge is -2.44. The predicted molar refractivity (Wildman–Crippen MR) is 149 cm³/mol. The number of hydrogen-bond acceptors (Lipinski definition) is 4. The van der Waals surface area contributed by atoms with E-state index in [-0.39, 0.29) is 0 Å². The molecule has 0 saturated carbocycles. The number of anilines is 1. The number of carbonyl (C=O) groups excluding carboxylic acids is 3. The monoisotopic (exact) mass is 529 g/mol. The van der Waals surface area contributed by atoms with E-state index in [0.717, 1.165) is 11.1 Å². The number of para-hydroxylation sites is 1. The molecule has 37 heavy (non-hydrogen) atoms. The highest BCUT2D eigenvalue weighted by molar-refractivity contribution is 6.34. The smallest absolute Gasteiger partial charge is 0.408 e. The number of amides is 3. The normalized spacial score (nSPS) is 13.4. The minimum Gasteiger partial charge on any atom is -0.444 e. The third-order valence-corrected chi connectivity index (χ3v) is 6.51. The van der Waals surface area contributed by atoms with Crippen molar-refractivity contribution in [3.63, 3.8) is 0 Å². The number of rotatable bonds is 8. The van der Waals surface area contributed by atoms with E-state index in [1.54, 1.807) is 38.7 Å². The molecule has 8 heteroatoms. The van der Waals surface area contributed by atoms with Crippen LogP contribution in [0, 0.1) is 13.8 Å². The molecule has 2 N–H and O–H groups in total. The summed E-state index contributed by atoms with van der Waals surface area (Å²) in [5.41, 5.74) is 1.45. The minimum atomic E-state index is -0.985. The van der Waals surface area contributed by atoms with Crippen LogP contribution in [0.3, 0.4) is 0 Å². The van der Waals surface area contributed by atoms with E-state index in [0.29, 0.717) is 22.7 Å². The van der Waals surface area contributed by atoms with E-state index in [1.165, 1.54) is 0 Å². The molecule has 0 heterocycles. The fourth-order valence-corrected chi connectivity index (χ4v) is 4.21. The maximum Gasteiger partial charge on any atom is 0.408 e. The maximum atomic E-state index is 14.0. The lowest BCUT2D eigenvalue weighted by molar-refractivity contribution is -0.147. The Hall–Kier alpha value is -3.06. The summed E-state index contributed by atoms with van der Waals surface area (Å²) in [6.45, 7) is 16.4. The molecule has 0 bridgehead atoms. The first-order chi connectivity index (χ1) is 17.1. The van der Waals surface area contributed by atoms with Crippen LogP contribution in [0.1, 0.15) is 77.6 Å². The molecule has 0 fully saturated rings. The summed E-state index contributed by atoms with van der Waals surface area (Å²) in [6, 6.07) is 11.0. The van der Waals surface area contributed by atoms with E-state index in [2.05, 4.69) is 10.6 Å². The molecule has 202 valence electrons. The largest absolute Gasteiger partial charge is 0.444 e. The molecule has 3 amide bonds. The van der Waals surface area contributed by atoms with Crippen molar-refractivity contribution in [3.05, 3.63) is 64.2 Å². The van der Waals surface area contributed by atoms with Crippen molar-refractivity contribution in [1.29, 1.82) is 0 Å². The molecule has 0 aliphatic carbocycles. The molecule has 0 aromatic heterocycles. The third-order valence-electron chi connectivity index (χ3n) is 6.19. The highest BCUT2D eigenvalue weighted by atomic mass is 35.5. The molecule has 2 atom stereocenters. The van der Waals surface area contributed by atoms with Gasteiger partial charge in [-0.25, -0.2) is 4.79 Å². The fraction of sp³-hybridized carbons (Fsp3) is 0.483. The van der Waals surface area contributed by atoms with Crippen LogP contribution < -0.4 is 10.6 Å². The number of benzene rings is 2. The first kappa shape index (κ1) is 30.2. The molecular weight excluding hydrogens is 490 g/mol. The summed E-state index contributed by atoms with van der Waals surface area (Å²) in [5, 5.41) is 6.00. The summed E-state index contributed by atoms with van der Waals surface area (Å²) in [4.78, 5) is 42.0. The number of hydrogen-bond donors (Lipinski definition) is 2. The minimum absolute atomic E-state index is 0.402. The second-order valence-corrected chi connectivity index (χ2v) is 11.4. The molecule has 0 aliphatic heterocycles. The molecular formula is C29H40ClN3O4. The fourth-order valence-electron chi connectivity index (χ4n) is 3.94. The molecule has 2 rings (SSSR count). The van der Waals surface area contributed by atoms with Crippen LogP contribution in [-0.4, -0.2) is 40.0 Å². The van der Waals surface area contributed by atoms with Crippen molar-refractivity contribution in [2.24, 2.45) is 0 Å². The van der Waals surface area contributed by atoms with Crippen LogP contribution in [0.5, 0.6) is 0 Å². The van der Waals surface area contributed by atoms with Crippen LogP contribution in [0.4, 0.5) is 10.5 Å². The van der Waals surface area contributed by atoms with Gasteiger partial charge in [0.1, 0.15) is 17.7 Å². The summed E-state index contributed by atoms with van der Waals surface area (Å²) in [7, 11) is 0. The van der Waals surface area contributed by atoms with Gasteiger partial charge in [-0.3, -0.25) is 9.59 Å². The van der Waals surface area contributed by atoms with Gasteiger partial charge in [-0.2, -0.15) is 0 Å². The van der Waals surface area contributed by atoms with Crippen molar-refractivity contribution in [3.8, 4) is 0 Å². The first-order valence-corrected chi connectivity index (χ1v) is 12.9. The number of carbonyl (C=O) groups is 3. The zero-order chi connectivity index (χ0) is 28.1. The van der Waals surface area contributed by atoms with E-state index in [9.17, 15) is 14.4 Å².